The molecule has 1 saturated heterocycles. The molecule has 0 bridgehead atoms. The standard InChI is InChI=1S/C11H13N3O2/c15-10-3-6-14(11(16)7-13-10)8-9-1-4-12-5-2-9/h1-2,4-5H,3,6-8H2,(H,13,15). The Labute approximate surface area is 93.5 Å². The number of carbonyl (C=O) groups is 2. The minimum atomic E-state index is -0.0643. The third-order valence-corrected chi connectivity index (χ3v) is 2.52. The van der Waals surface area contributed by atoms with Crippen LogP contribution in [0.2, 0.25) is 0 Å². The summed E-state index contributed by atoms with van der Waals surface area (Å²) in [5.74, 6) is -0.103. The molecule has 16 heavy (non-hydrogen) atoms. The molecule has 0 unspecified atom stereocenters. The fourth-order valence-corrected chi connectivity index (χ4v) is 1.61. The van der Waals surface area contributed by atoms with Crippen molar-refractivity contribution in [1.82, 2.24) is 15.2 Å². The van der Waals surface area contributed by atoms with Crippen molar-refractivity contribution in [2.45, 2.75) is 13.0 Å². The van der Waals surface area contributed by atoms with Crippen LogP contribution in [0.4, 0.5) is 0 Å². The number of aromatic nitrogens is 1. The summed E-state index contributed by atoms with van der Waals surface area (Å²) in [7, 11) is 0. The summed E-state index contributed by atoms with van der Waals surface area (Å²) < 4.78 is 0. The second kappa shape index (κ2) is 4.74. The zero-order chi connectivity index (χ0) is 11.4. The maximum absolute atomic E-state index is 11.7. The van der Waals surface area contributed by atoms with Crippen molar-refractivity contribution in [3.05, 3.63) is 30.1 Å². The molecule has 1 aromatic heterocycles. The van der Waals surface area contributed by atoms with Crippen LogP contribution < -0.4 is 5.32 Å². The third-order valence-electron chi connectivity index (χ3n) is 2.52. The van der Waals surface area contributed by atoms with Gasteiger partial charge in [-0.1, -0.05) is 0 Å². The fraction of sp³-hybridized carbons (Fsp3) is 0.364. The molecule has 84 valence electrons. The molecule has 2 rings (SSSR count). The van der Waals surface area contributed by atoms with E-state index < -0.39 is 0 Å². The van der Waals surface area contributed by atoms with Crippen molar-refractivity contribution in [3.8, 4) is 0 Å². The van der Waals surface area contributed by atoms with E-state index in [9.17, 15) is 9.59 Å². The van der Waals surface area contributed by atoms with Gasteiger partial charge in [-0.25, -0.2) is 0 Å². The molecule has 0 spiro atoms. The van der Waals surface area contributed by atoms with Gasteiger partial charge in [-0.15, -0.1) is 0 Å². The molecule has 0 atom stereocenters. The average Bonchev–Trinajstić information content (AvgIpc) is 2.46. The van der Waals surface area contributed by atoms with E-state index in [1.807, 2.05) is 12.1 Å². The van der Waals surface area contributed by atoms with Gasteiger partial charge in [0.05, 0.1) is 6.54 Å². The summed E-state index contributed by atoms with van der Waals surface area (Å²) in [6.45, 7) is 1.12. The number of amides is 2. The van der Waals surface area contributed by atoms with E-state index in [1.54, 1.807) is 17.3 Å². The smallest absolute Gasteiger partial charge is 0.242 e. The summed E-state index contributed by atoms with van der Waals surface area (Å²) in [5.41, 5.74) is 1.03. The molecule has 2 amide bonds. The first kappa shape index (κ1) is 10.6. The lowest BCUT2D eigenvalue weighted by Crippen LogP contribution is -2.34. The number of nitrogens with zero attached hydrogens (tertiary/aromatic N) is 2. The molecule has 1 N–H and O–H groups in total. The lowest BCUT2D eigenvalue weighted by atomic mass is 10.2. The minimum Gasteiger partial charge on any atom is -0.347 e. The molecule has 0 radical (unpaired) electrons. The van der Waals surface area contributed by atoms with E-state index in [-0.39, 0.29) is 18.4 Å². The number of carbonyl (C=O) groups excluding carboxylic acids is 2. The Morgan fingerprint density at radius 1 is 1.31 bits per heavy atom. The van der Waals surface area contributed by atoms with E-state index in [1.165, 1.54) is 0 Å². The van der Waals surface area contributed by atoms with Crippen molar-refractivity contribution in [2.24, 2.45) is 0 Å². The molecule has 1 aliphatic rings. The lowest BCUT2D eigenvalue weighted by Gasteiger charge is -2.19. The van der Waals surface area contributed by atoms with Crippen molar-refractivity contribution >= 4 is 11.8 Å². The molecular weight excluding hydrogens is 206 g/mol. The topological polar surface area (TPSA) is 62.3 Å². The van der Waals surface area contributed by atoms with Crippen molar-refractivity contribution in [2.75, 3.05) is 13.1 Å². The molecule has 5 nitrogen and oxygen atoms in total. The van der Waals surface area contributed by atoms with Crippen LogP contribution >= 0.6 is 0 Å². The second-order valence-electron chi connectivity index (χ2n) is 3.70. The zero-order valence-electron chi connectivity index (χ0n) is 8.85. The first-order valence-electron chi connectivity index (χ1n) is 5.19. The molecule has 1 fully saturated rings. The lowest BCUT2D eigenvalue weighted by molar-refractivity contribution is -0.130. The number of hydrogen-bond donors (Lipinski definition) is 1. The zero-order valence-corrected chi connectivity index (χ0v) is 8.85. The summed E-state index contributed by atoms with van der Waals surface area (Å²) in [6, 6.07) is 3.74. The van der Waals surface area contributed by atoms with E-state index in [2.05, 4.69) is 10.3 Å². The van der Waals surface area contributed by atoms with Gasteiger partial charge in [-0.2, -0.15) is 0 Å². The van der Waals surface area contributed by atoms with Crippen LogP contribution in [-0.4, -0.2) is 34.8 Å². The maximum atomic E-state index is 11.7. The Morgan fingerprint density at radius 2 is 2.06 bits per heavy atom. The highest BCUT2D eigenvalue weighted by atomic mass is 16.2. The number of nitrogens with one attached hydrogen (secondary N) is 1. The maximum Gasteiger partial charge on any atom is 0.242 e. The Hall–Kier alpha value is -1.91. The fourth-order valence-electron chi connectivity index (χ4n) is 1.61. The van der Waals surface area contributed by atoms with Gasteiger partial charge in [-0.05, 0) is 17.7 Å². The SMILES string of the molecule is O=C1CCN(Cc2ccncc2)C(=O)CN1. The Balaban J connectivity index is 2.03. The predicted molar refractivity (Wildman–Crippen MR) is 57.3 cm³/mol. The average molecular weight is 219 g/mol. The van der Waals surface area contributed by atoms with Crippen LogP contribution in [0.1, 0.15) is 12.0 Å². The summed E-state index contributed by atoms with van der Waals surface area (Å²) in [4.78, 5) is 28.4. The van der Waals surface area contributed by atoms with Crippen LogP contribution in [0.3, 0.4) is 0 Å². The molecular formula is C11H13N3O2. The highest BCUT2D eigenvalue weighted by molar-refractivity contribution is 5.87. The van der Waals surface area contributed by atoms with Gasteiger partial charge in [0.15, 0.2) is 0 Å². The third kappa shape index (κ3) is 2.56. The number of pyridine rings is 1. The van der Waals surface area contributed by atoms with Gasteiger partial charge in [0.2, 0.25) is 11.8 Å². The summed E-state index contributed by atoms with van der Waals surface area (Å²) in [6.07, 6.45) is 3.76. The highest BCUT2D eigenvalue weighted by Gasteiger charge is 2.19. The minimum absolute atomic E-state index is 0.0392. The van der Waals surface area contributed by atoms with Gasteiger partial charge in [-0.3, -0.25) is 14.6 Å². The normalized spacial score (nSPS) is 16.9. The van der Waals surface area contributed by atoms with Crippen molar-refractivity contribution in [1.29, 1.82) is 0 Å². The Morgan fingerprint density at radius 3 is 2.81 bits per heavy atom. The predicted octanol–water partition coefficient (Wildman–Crippen LogP) is -0.0699. The van der Waals surface area contributed by atoms with Gasteiger partial charge in [0.25, 0.3) is 0 Å². The summed E-state index contributed by atoms with van der Waals surface area (Å²) >= 11 is 0. The first-order chi connectivity index (χ1) is 7.75. The van der Waals surface area contributed by atoms with Gasteiger partial charge in [0, 0.05) is 31.9 Å². The largest absolute Gasteiger partial charge is 0.347 e. The molecule has 1 aromatic rings. The number of rotatable bonds is 2. The van der Waals surface area contributed by atoms with Crippen LogP contribution in [0.25, 0.3) is 0 Å². The monoisotopic (exact) mass is 219 g/mol. The van der Waals surface area contributed by atoms with Crippen molar-refractivity contribution < 1.29 is 9.59 Å². The van der Waals surface area contributed by atoms with E-state index in [0.717, 1.165) is 5.56 Å². The molecule has 0 saturated carbocycles. The molecule has 0 aromatic carbocycles. The summed E-state index contributed by atoms with van der Waals surface area (Å²) in [5, 5.41) is 2.57. The van der Waals surface area contributed by atoms with Crippen LogP contribution in [0, 0.1) is 0 Å². The van der Waals surface area contributed by atoms with Crippen molar-refractivity contribution in [3.63, 3.8) is 0 Å². The molecule has 1 aliphatic heterocycles. The quantitative estimate of drug-likeness (QED) is 0.757. The molecule has 0 aliphatic carbocycles. The van der Waals surface area contributed by atoms with E-state index in [0.29, 0.717) is 19.5 Å². The first-order valence-corrected chi connectivity index (χ1v) is 5.19. The molecule has 2 heterocycles. The Bertz CT molecular complexity index is 391. The van der Waals surface area contributed by atoms with E-state index in [4.69, 9.17) is 0 Å². The second-order valence-corrected chi connectivity index (χ2v) is 3.70. The van der Waals surface area contributed by atoms with Gasteiger partial charge in [0.1, 0.15) is 0 Å². The van der Waals surface area contributed by atoms with E-state index >= 15 is 0 Å². The van der Waals surface area contributed by atoms with Crippen LogP contribution in [0.15, 0.2) is 24.5 Å². The van der Waals surface area contributed by atoms with Crippen LogP contribution in [-0.2, 0) is 16.1 Å². The van der Waals surface area contributed by atoms with Gasteiger partial charge < -0.3 is 10.2 Å². The van der Waals surface area contributed by atoms with Gasteiger partial charge >= 0.3 is 0 Å². The Kier molecular flexibility index (Phi) is 3.14. The molecule has 5 heteroatoms. The number of hydrogen-bond acceptors (Lipinski definition) is 3. The highest BCUT2D eigenvalue weighted by Crippen LogP contribution is 2.06. The van der Waals surface area contributed by atoms with Crippen LogP contribution in [0.5, 0.6) is 0 Å².